The third-order valence-electron chi connectivity index (χ3n) is 8.40. The Morgan fingerprint density at radius 1 is 1.00 bits per heavy atom. The minimum absolute atomic E-state index is 0.340. The molecule has 3 fully saturated rings. The van der Waals surface area contributed by atoms with Crippen molar-refractivity contribution >= 4 is 0 Å². The summed E-state index contributed by atoms with van der Waals surface area (Å²) in [6, 6.07) is 0. The number of hydrogen-bond donors (Lipinski definition) is 0. The van der Waals surface area contributed by atoms with Crippen molar-refractivity contribution in [1.29, 1.82) is 0 Å². The summed E-state index contributed by atoms with van der Waals surface area (Å²) in [6.07, 6.45) is 25.3. The zero-order valence-electron chi connectivity index (χ0n) is 18.6. The number of hydrogen-bond acceptors (Lipinski definition) is 1. The van der Waals surface area contributed by atoms with Crippen molar-refractivity contribution in [3.05, 3.63) is 12.2 Å². The van der Waals surface area contributed by atoms with Gasteiger partial charge in [0.15, 0.2) is 0 Å². The Labute approximate surface area is 169 Å². The molecular formula is C26H46O. The molecule has 3 rings (SSSR count). The maximum Gasteiger partial charge on any atom is 0.0665 e. The largest absolute Gasteiger partial charge is 0.377 e. The number of rotatable bonds is 7. The van der Waals surface area contributed by atoms with Crippen molar-refractivity contribution in [3.63, 3.8) is 0 Å². The molecule has 3 aliphatic rings. The van der Waals surface area contributed by atoms with Crippen molar-refractivity contribution < 1.29 is 4.74 Å². The van der Waals surface area contributed by atoms with Gasteiger partial charge in [-0.25, -0.2) is 0 Å². The van der Waals surface area contributed by atoms with Crippen molar-refractivity contribution in [3.8, 4) is 0 Å². The minimum Gasteiger partial charge on any atom is -0.377 e. The molecule has 0 aromatic rings. The van der Waals surface area contributed by atoms with Crippen LogP contribution in [-0.4, -0.2) is 12.7 Å². The van der Waals surface area contributed by atoms with E-state index in [0.717, 1.165) is 30.3 Å². The van der Waals surface area contributed by atoms with Crippen LogP contribution in [-0.2, 0) is 4.74 Å². The van der Waals surface area contributed by atoms with Crippen LogP contribution >= 0.6 is 0 Å². The molecular weight excluding hydrogens is 328 g/mol. The highest BCUT2D eigenvalue weighted by Crippen LogP contribution is 2.49. The molecule has 0 bridgehead atoms. The molecule has 1 heteroatoms. The van der Waals surface area contributed by atoms with Gasteiger partial charge in [0.05, 0.1) is 6.10 Å². The standard InChI is InChI=1S/C26H46O/c1-4-9-21(3)24-10-8-17-26(20-24,25-11-6-7-19-27-25)18-16-23-14-12-22(5-2)13-15-23/h16,18,21-25H,4-15,17,19-20H2,1-3H3. The molecule has 2 aliphatic carbocycles. The van der Waals surface area contributed by atoms with E-state index in [0.29, 0.717) is 11.5 Å². The SMILES string of the molecule is CCCC(C)C1CCCC(C=CC2CCC(CC)CC2)(C2CCCCO2)C1. The van der Waals surface area contributed by atoms with Gasteiger partial charge in [-0.2, -0.15) is 0 Å². The lowest BCUT2D eigenvalue weighted by atomic mass is 9.62. The Hall–Kier alpha value is -0.300. The molecule has 0 aromatic heterocycles. The van der Waals surface area contributed by atoms with Crippen LogP contribution in [0.4, 0.5) is 0 Å². The molecule has 1 saturated heterocycles. The average Bonchev–Trinajstić information content (AvgIpc) is 2.73. The molecule has 1 aliphatic heterocycles. The second kappa shape index (κ2) is 10.5. The number of allylic oxidation sites excluding steroid dienone is 1. The van der Waals surface area contributed by atoms with E-state index < -0.39 is 0 Å². The van der Waals surface area contributed by atoms with Crippen LogP contribution in [0.3, 0.4) is 0 Å². The fourth-order valence-electron chi connectivity index (χ4n) is 6.42. The Morgan fingerprint density at radius 2 is 1.81 bits per heavy atom. The minimum atomic E-state index is 0.340. The van der Waals surface area contributed by atoms with Gasteiger partial charge < -0.3 is 4.74 Å². The third kappa shape index (κ3) is 5.62. The van der Waals surface area contributed by atoms with E-state index in [2.05, 4.69) is 32.9 Å². The summed E-state index contributed by atoms with van der Waals surface area (Å²) in [6.45, 7) is 8.23. The van der Waals surface area contributed by atoms with E-state index in [1.54, 1.807) is 0 Å². The summed E-state index contributed by atoms with van der Waals surface area (Å²) < 4.78 is 6.43. The summed E-state index contributed by atoms with van der Waals surface area (Å²) in [5.41, 5.74) is 0.340. The van der Waals surface area contributed by atoms with E-state index in [9.17, 15) is 0 Å². The fraction of sp³-hybridized carbons (Fsp3) is 0.923. The van der Waals surface area contributed by atoms with Crippen LogP contribution in [0, 0.1) is 29.1 Å². The predicted molar refractivity (Wildman–Crippen MR) is 117 cm³/mol. The first-order chi connectivity index (χ1) is 13.2. The van der Waals surface area contributed by atoms with Crippen LogP contribution in [0.2, 0.25) is 0 Å². The second-order valence-corrected chi connectivity index (χ2v) is 10.3. The summed E-state index contributed by atoms with van der Waals surface area (Å²) in [5, 5.41) is 0. The maximum absolute atomic E-state index is 6.43. The molecule has 0 spiro atoms. The monoisotopic (exact) mass is 374 g/mol. The van der Waals surface area contributed by atoms with E-state index in [4.69, 9.17) is 4.74 Å². The molecule has 0 aromatic carbocycles. The van der Waals surface area contributed by atoms with Crippen molar-refractivity contribution in [2.75, 3.05) is 6.61 Å². The lowest BCUT2D eigenvalue weighted by molar-refractivity contribution is -0.0740. The summed E-state index contributed by atoms with van der Waals surface area (Å²) in [7, 11) is 0. The van der Waals surface area contributed by atoms with Gasteiger partial charge in [-0.15, -0.1) is 0 Å². The summed E-state index contributed by atoms with van der Waals surface area (Å²) in [5.74, 6) is 3.62. The van der Waals surface area contributed by atoms with E-state index in [1.165, 1.54) is 89.9 Å². The second-order valence-electron chi connectivity index (χ2n) is 10.3. The third-order valence-corrected chi connectivity index (χ3v) is 8.40. The van der Waals surface area contributed by atoms with Crippen LogP contribution in [0.15, 0.2) is 12.2 Å². The van der Waals surface area contributed by atoms with Crippen LogP contribution in [0.5, 0.6) is 0 Å². The van der Waals surface area contributed by atoms with Crippen molar-refractivity contribution in [1.82, 2.24) is 0 Å². The van der Waals surface area contributed by atoms with Gasteiger partial charge in [-0.05, 0) is 81.5 Å². The number of ether oxygens (including phenoxy) is 1. The Kier molecular flexibility index (Phi) is 8.30. The summed E-state index contributed by atoms with van der Waals surface area (Å²) in [4.78, 5) is 0. The van der Waals surface area contributed by atoms with Crippen LogP contribution < -0.4 is 0 Å². The van der Waals surface area contributed by atoms with Gasteiger partial charge in [0, 0.05) is 12.0 Å². The van der Waals surface area contributed by atoms with E-state index >= 15 is 0 Å². The first-order valence-corrected chi connectivity index (χ1v) is 12.5. The molecule has 0 N–H and O–H groups in total. The highest BCUT2D eigenvalue weighted by atomic mass is 16.5. The average molecular weight is 375 g/mol. The lowest BCUT2D eigenvalue weighted by Gasteiger charge is -2.47. The van der Waals surface area contributed by atoms with Gasteiger partial charge in [0.2, 0.25) is 0 Å². The van der Waals surface area contributed by atoms with Gasteiger partial charge >= 0.3 is 0 Å². The van der Waals surface area contributed by atoms with E-state index in [1.807, 2.05) is 0 Å². The molecule has 4 unspecified atom stereocenters. The summed E-state index contributed by atoms with van der Waals surface area (Å²) >= 11 is 0. The normalized spacial score (nSPS) is 39.5. The van der Waals surface area contributed by atoms with Gasteiger partial charge in [-0.3, -0.25) is 0 Å². The Balaban J connectivity index is 1.71. The molecule has 27 heavy (non-hydrogen) atoms. The molecule has 1 heterocycles. The molecule has 156 valence electrons. The molecule has 4 atom stereocenters. The molecule has 2 saturated carbocycles. The van der Waals surface area contributed by atoms with Gasteiger partial charge in [0.1, 0.15) is 0 Å². The van der Waals surface area contributed by atoms with E-state index in [-0.39, 0.29) is 0 Å². The molecule has 0 radical (unpaired) electrons. The Morgan fingerprint density at radius 3 is 2.48 bits per heavy atom. The highest BCUT2D eigenvalue weighted by Gasteiger charge is 2.43. The fourth-order valence-corrected chi connectivity index (χ4v) is 6.42. The molecule has 1 nitrogen and oxygen atoms in total. The Bertz CT molecular complexity index is 441. The maximum atomic E-state index is 6.43. The highest BCUT2D eigenvalue weighted by molar-refractivity contribution is 5.09. The van der Waals surface area contributed by atoms with Gasteiger partial charge in [0.25, 0.3) is 0 Å². The zero-order chi connectivity index (χ0) is 19.1. The topological polar surface area (TPSA) is 9.23 Å². The van der Waals surface area contributed by atoms with Crippen LogP contribution in [0.25, 0.3) is 0 Å². The molecule has 0 amide bonds. The lowest BCUT2D eigenvalue weighted by Crippen LogP contribution is -2.42. The smallest absolute Gasteiger partial charge is 0.0665 e. The van der Waals surface area contributed by atoms with Crippen molar-refractivity contribution in [2.24, 2.45) is 29.1 Å². The van der Waals surface area contributed by atoms with Gasteiger partial charge in [-0.1, -0.05) is 65.0 Å². The first kappa shape index (κ1) is 21.4. The van der Waals surface area contributed by atoms with Crippen molar-refractivity contribution in [2.45, 2.75) is 117 Å². The van der Waals surface area contributed by atoms with Crippen LogP contribution in [0.1, 0.15) is 111 Å². The predicted octanol–water partition coefficient (Wildman–Crippen LogP) is 7.94. The first-order valence-electron chi connectivity index (χ1n) is 12.5. The quantitative estimate of drug-likeness (QED) is 0.411. The zero-order valence-corrected chi connectivity index (χ0v) is 18.6.